The second-order valence-electron chi connectivity index (χ2n) is 8.24. The number of aromatic nitrogens is 3. The Balaban J connectivity index is 1.41. The molecule has 1 atom stereocenters. The van der Waals surface area contributed by atoms with E-state index in [1.54, 1.807) is 35.2 Å². The van der Waals surface area contributed by atoms with Crippen LogP contribution in [0.5, 0.6) is 11.5 Å². The molecule has 2 aromatic carbocycles. The lowest BCUT2D eigenvalue weighted by Crippen LogP contribution is -2.32. The van der Waals surface area contributed by atoms with Crippen molar-refractivity contribution in [2.45, 2.75) is 25.0 Å². The van der Waals surface area contributed by atoms with E-state index < -0.39 is 0 Å². The summed E-state index contributed by atoms with van der Waals surface area (Å²) in [5, 5.41) is 14.4. The van der Waals surface area contributed by atoms with Gasteiger partial charge >= 0.3 is 0 Å². The standard InChI is InChI=1S/C24H27N5O4S/c1-15(2)22(16-7-8-19-20(12-16)33-10-9-32-19)27-23(31)17-5-4-6-18(11-17)26-21(30)13-34-24-28-25-14-29(24)3/h4-8,11-12,14-15,22H,9-10,13H2,1-3H3,(H,26,30)(H,27,31). The minimum atomic E-state index is -0.224. The van der Waals surface area contributed by atoms with Crippen molar-refractivity contribution in [1.29, 1.82) is 0 Å². The van der Waals surface area contributed by atoms with Gasteiger partial charge in [0.25, 0.3) is 5.91 Å². The van der Waals surface area contributed by atoms with Crippen molar-refractivity contribution in [2.24, 2.45) is 13.0 Å². The molecule has 4 rings (SSSR count). The number of anilines is 1. The zero-order valence-electron chi connectivity index (χ0n) is 19.3. The van der Waals surface area contributed by atoms with Crippen LogP contribution < -0.4 is 20.1 Å². The van der Waals surface area contributed by atoms with Gasteiger partial charge in [-0.2, -0.15) is 0 Å². The highest BCUT2D eigenvalue weighted by molar-refractivity contribution is 7.99. The predicted octanol–water partition coefficient (Wildman–Crippen LogP) is 3.44. The lowest BCUT2D eigenvalue weighted by Gasteiger charge is -2.25. The number of ether oxygens (including phenoxy) is 2. The first-order chi connectivity index (χ1) is 16.4. The van der Waals surface area contributed by atoms with Crippen molar-refractivity contribution in [2.75, 3.05) is 24.3 Å². The largest absolute Gasteiger partial charge is 0.486 e. The fourth-order valence-corrected chi connectivity index (χ4v) is 4.27. The molecule has 2 heterocycles. The quantitative estimate of drug-likeness (QED) is 0.475. The number of fused-ring (bicyclic) bond motifs is 1. The summed E-state index contributed by atoms with van der Waals surface area (Å²) in [6.45, 7) is 5.13. The summed E-state index contributed by atoms with van der Waals surface area (Å²) in [4.78, 5) is 25.4. The van der Waals surface area contributed by atoms with Crippen molar-refractivity contribution < 1.29 is 19.1 Å². The van der Waals surface area contributed by atoms with Crippen molar-refractivity contribution in [3.63, 3.8) is 0 Å². The van der Waals surface area contributed by atoms with Crippen molar-refractivity contribution >= 4 is 29.3 Å². The van der Waals surface area contributed by atoms with Crippen molar-refractivity contribution in [3.05, 3.63) is 59.9 Å². The molecule has 0 saturated heterocycles. The first-order valence-corrected chi connectivity index (χ1v) is 12.0. The van der Waals surface area contributed by atoms with E-state index in [9.17, 15) is 9.59 Å². The van der Waals surface area contributed by atoms with Gasteiger partial charge in [0.2, 0.25) is 5.91 Å². The molecule has 1 unspecified atom stereocenters. The SMILES string of the molecule is CC(C)C(NC(=O)c1cccc(NC(=O)CSc2nncn2C)c1)c1ccc2c(c1)OCCO2. The molecule has 2 amide bonds. The number of rotatable bonds is 8. The number of benzene rings is 2. The van der Waals surface area contributed by atoms with E-state index in [1.165, 1.54) is 11.8 Å². The molecule has 34 heavy (non-hydrogen) atoms. The molecule has 1 aromatic heterocycles. The minimum Gasteiger partial charge on any atom is -0.486 e. The molecule has 0 spiro atoms. The van der Waals surface area contributed by atoms with Crippen LogP contribution in [0.1, 0.15) is 35.8 Å². The van der Waals surface area contributed by atoms with Crippen LogP contribution >= 0.6 is 11.8 Å². The number of thioether (sulfide) groups is 1. The van der Waals surface area contributed by atoms with Gasteiger partial charge in [-0.05, 0) is 41.8 Å². The Kier molecular flexibility index (Phi) is 7.36. The Morgan fingerprint density at radius 1 is 1.12 bits per heavy atom. The maximum atomic E-state index is 13.1. The van der Waals surface area contributed by atoms with Gasteiger partial charge in [0.15, 0.2) is 16.7 Å². The van der Waals surface area contributed by atoms with E-state index in [1.807, 2.05) is 39.1 Å². The molecule has 3 aromatic rings. The molecule has 0 radical (unpaired) electrons. The molecular formula is C24H27N5O4S. The summed E-state index contributed by atoms with van der Waals surface area (Å²) in [7, 11) is 1.82. The molecule has 2 N–H and O–H groups in total. The summed E-state index contributed by atoms with van der Waals surface area (Å²) in [6, 6.07) is 12.4. The number of hydrogen-bond acceptors (Lipinski definition) is 7. The van der Waals surface area contributed by atoms with Crippen molar-refractivity contribution in [3.8, 4) is 11.5 Å². The minimum absolute atomic E-state index is 0.145. The van der Waals surface area contributed by atoms with Gasteiger partial charge in [0, 0.05) is 18.3 Å². The Bertz CT molecular complexity index is 1180. The van der Waals surface area contributed by atoms with E-state index in [0.29, 0.717) is 41.1 Å². The zero-order chi connectivity index (χ0) is 24.1. The predicted molar refractivity (Wildman–Crippen MR) is 129 cm³/mol. The lowest BCUT2D eigenvalue weighted by molar-refractivity contribution is -0.113. The maximum absolute atomic E-state index is 13.1. The fourth-order valence-electron chi connectivity index (χ4n) is 3.58. The molecule has 0 aliphatic carbocycles. The third kappa shape index (κ3) is 5.69. The second-order valence-corrected chi connectivity index (χ2v) is 9.18. The topological polar surface area (TPSA) is 107 Å². The summed E-state index contributed by atoms with van der Waals surface area (Å²) in [6.07, 6.45) is 1.58. The number of amides is 2. The van der Waals surface area contributed by atoms with Gasteiger partial charge in [-0.3, -0.25) is 9.59 Å². The van der Waals surface area contributed by atoms with Crippen LogP contribution in [0.3, 0.4) is 0 Å². The van der Waals surface area contributed by atoms with Gasteiger partial charge < -0.3 is 24.7 Å². The summed E-state index contributed by atoms with van der Waals surface area (Å²) in [5.74, 6) is 1.31. The Morgan fingerprint density at radius 2 is 1.91 bits per heavy atom. The smallest absolute Gasteiger partial charge is 0.251 e. The molecule has 9 nitrogen and oxygen atoms in total. The molecule has 1 aliphatic heterocycles. The number of carbonyl (C=O) groups excluding carboxylic acids is 2. The highest BCUT2D eigenvalue weighted by Crippen LogP contribution is 2.34. The Labute approximate surface area is 202 Å². The van der Waals surface area contributed by atoms with Gasteiger partial charge in [-0.1, -0.05) is 37.7 Å². The summed E-state index contributed by atoms with van der Waals surface area (Å²) >= 11 is 1.29. The third-order valence-electron chi connectivity index (χ3n) is 5.29. The summed E-state index contributed by atoms with van der Waals surface area (Å²) in [5.41, 5.74) is 1.96. The van der Waals surface area contributed by atoms with E-state index in [4.69, 9.17) is 9.47 Å². The van der Waals surface area contributed by atoms with Crippen LogP contribution in [0, 0.1) is 5.92 Å². The Hall–Kier alpha value is -3.53. The average molecular weight is 482 g/mol. The zero-order valence-corrected chi connectivity index (χ0v) is 20.1. The number of nitrogens with one attached hydrogen (secondary N) is 2. The number of hydrogen-bond donors (Lipinski definition) is 2. The molecular weight excluding hydrogens is 454 g/mol. The maximum Gasteiger partial charge on any atom is 0.251 e. The number of aryl methyl sites for hydroxylation is 1. The van der Waals surface area contributed by atoms with Crippen LogP contribution in [-0.4, -0.2) is 45.5 Å². The highest BCUT2D eigenvalue weighted by atomic mass is 32.2. The molecule has 0 saturated carbocycles. The molecule has 10 heteroatoms. The molecule has 1 aliphatic rings. The summed E-state index contributed by atoms with van der Waals surface area (Å²) < 4.78 is 13.0. The van der Waals surface area contributed by atoms with Gasteiger partial charge in [0.05, 0.1) is 11.8 Å². The van der Waals surface area contributed by atoms with E-state index in [0.717, 1.165) is 5.56 Å². The van der Waals surface area contributed by atoms with E-state index in [-0.39, 0.29) is 29.5 Å². The molecule has 178 valence electrons. The van der Waals surface area contributed by atoms with Crippen LogP contribution in [0.2, 0.25) is 0 Å². The molecule has 0 fully saturated rings. The number of carbonyl (C=O) groups is 2. The Morgan fingerprint density at radius 3 is 2.65 bits per heavy atom. The fraction of sp³-hybridized carbons (Fsp3) is 0.333. The molecule has 0 bridgehead atoms. The van der Waals surface area contributed by atoms with Crippen LogP contribution in [0.15, 0.2) is 53.9 Å². The first kappa shape index (κ1) is 23.6. The second kappa shape index (κ2) is 10.6. The van der Waals surface area contributed by atoms with E-state index >= 15 is 0 Å². The van der Waals surface area contributed by atoms with Crippen molar-refractivity contribution in [1.82, 2.24) is 20.1 Å². The normalized spacial score (nSPS) is 13.4. The highest BCUT2D eigenvalue weighted by Gasteiger charge is 2.22. The monoisotopic (exact) mass is 481 g/mol. The van der Waals surface area contributed by atoms with Crippen LogP contribution in [0.25, 0.3) is 0 Å². The number of nitrogens with zero attached hydrogens (tertiary/aromatic N) is 3. The van der Waals surface area contributed by atoms with Crippen LogP contribution in [0.4, 0.5) is 5.69 Å². The van der Waals surface area contributed by atoms with Gasteiger partial charge in [-0.15, -0.1) is 10.2 Å². The first-order valence-electron chi connectivity index (χ1n) is 11.0. The third-order valence-corrected chi connectivity index (χ3v) is 6.32. The van der Waals surface area contributed by atoms with Gasteiger partial charge in [-0.25, -0.2) is 0 Å². The average Bonchev–Trinajstić information content (AvgIpc) is 3.25. The van der Waals surface area contributed by atoms with Crippen LogP contribution in [-0.2, 0) is 11.8 Å². The van der Waals surface area contributed by atoms with Gasteiger partial charge in [0.1, 0.15) is 19.5 Å². The van der Waals surface area contributed by atoms with E-state index in [2.05, 4.69) is 20.8 Å². The lowest BCUT2D eigenvalue weighted by atomic mass is 9.95.